The van der Waals surface area contributed by atoms with Crippen LogP contribution in [0.2, 0.25) is 0 Å². The average Bonchev–Trinajstić information content (AvgIpc) is 2.59. The maximum absolute atomic E-state index is 12.4. The van der Waals surface area contributed by atoms with Crippen molar-refractivity contribution in [2.24, 2.45) is 0 Å². The van der Waals surface area contributed by atoms with E-state index in [2.05, 4.69) is 11.2 Å². The highest BCUT2D eigenvalue weighted by molar-refractivity contribution is 6.07. The summed E-state index contributed by atoms with van der Waals surface area (Å²) in [5.74, 6) is 2.53. The van der Waals surface area contributed by atoms with Crippen molar-refractivity contribution in [2.45, 2.75) is 0 Å². The van der Waals surface area contributed by atoms with Gasteiger partial charge >= 0.3 is 0 Å². The maximum atomic E-state index is 12.4. The van der Waals surface area contributed by atoms with Gasteiger partial charge in [-0.2, -0.15) is 0 Å². The molecule has 0 aromatic heterocycles. The van der Waals surface area contributed by atoms with E-state index in [1.165, 1.54) is 25.3 Å². The molecular weight excluding hydrogens is 312 g/mol. The first kappa shape index (κ1) is 16.8. The molecule has 0 atom stereocenters. The quantitative estimate of drug-likeness (QED) is 0.501. The summed E-state index contributed by atoms with van der Waals surface area (Å²) in [6.45, 7) is 0.0960. The van der Waals surface area contributed by atoms with Crippen LogP contribution < -0.4 is 14.8 Å². The first-order chi connectivity index (χ1) is 11.5. The molecule has 2 aromatic rings. The largest absolute Gasteiger partial charge is 0.497 e. The van der Waals surface area contributed by atoms with E-state index in [-0.39, 0.29) is 17.9 Å². The molecule has 1 amide bonds. The predicted octanol–water partition coefficient (Wildman–Crippen LogP) is 2.87. The van der Waals surface area contributed by atoms with Gasteiger partial charge in [-0.1, -0.05) is 12.0 Å². The van der Waals surface area contributed by atoms with Gasteiger partial charge in [-0.15, -0.1) is 6.42 Å². The molecule has 0 spiro atoms. The summed E-state index contributed by atoms with van der Waals surface area (Å²) in [5, 5.41) is 13.7. The lowest BCUT2D eigenvalue weighted by atomic mass is 10.1. The number of rotatable bonds is 6. The molecule has 0 unspecified atom stereocenters. The van der Waals surface area contributed by atoms with Gasteiger partial charge in [0.25, 0.3) is 11.6 Å². The van der Waals surface area contributed by atoms with Crippen LogP contribution in [0.5, 0.6) is 11.5 Å². The Bertz CT molecular complexity index is 811. The number of terminal acetylenes is 1. The van der Waals surface area contributed by atoms with Gasteiger partial charge in [0.05, 0.1) is 12.0 Å². The number of hydrogen-bond donors (Lipinski definition) is 1. The van der Waals surface area contributed by atoms with Crippen LogP contribution in [0.3, 0.4) is 0 Å². The minimum atomic E-state index is -0.630. The third-order valence-corrected chi connectivity index (χ3v) is 3.06. The fourth-order valence-electron chi connectivity index (χ4n) is 1.97. The third kappa shape index (κ3) is 4.01. The Morgan fingerprint density at radius 3 is 2.75 bits per heavy atom. The van der Waals surface area contributed by atoms with E-state index in [1.54, 1.807) is 24.3 Å². The number of amides is 1. The number of carbonyl (C=O) groups is 1. The molecule has 2 aromatic carbocycles. The van der Waals surface area contributed by atoms with Crippen LogP contribution in [0.1, 0.15) is 10.4 Å². The number of benzene rings is 2. The lowest BCUT2D eigenvalue weighted by Gasteiger charge is -2.09. The SMILES string of the molecule is C#CCOc1cccc(NC(=O)c2cc(OC)ccc2[N+](=O)[O-])c1. The fourth-order valence-corrected chi connectivity index (χ4v) is 1.97. The van der Waals surface area contributed by atoms with Crippen molar-refractivity contribution in [3.8, 4) is 23.8 Å². The van der Waals surface area contributed by atoms with Crippen LogP contribution in [0.4, 0.5) is 11.4 Å². The molecule has 0 saturated heterocycles. The van der Waals surface area contributed by atoms with Crippen molar-refractivity contribution < 1.29 is 19.2 Å². The standard InChI is InChI=1S/C17H14N2O5/c1-3-9-24-14-6-4-5-12(10-14)18-17(20)15-11-13(23-2)7-8-16(15)19(21)22/h1,4-8,10-11H,9H2,2H3,(H,18,20). The Balaban J connectivity index is 2.26. The molecule has 0 aliphatic rings. The third-order valence-electron chi connectivity index (χ3n) is 3.06. The van der Waals surface area contributed by atoms with Gasteiger partial charge in [0.15, 0.2) is 0 Å². The lowest BCUT2D eigenvalue weighted by molar-refractivity contribution is -0.385. The van der Waals surface area contributed by atoms with Crippen molar-refractivity contribution in [3.63, 3.8) is 0 Å². The van der Waals surface area contributed by atoms with Crippen molar-refractivity contribution in [1.82, 2.24) is 0 Å². The molecular formula is C17H14N2O5. The summed E-state index contributed by atoms with van der Waals surface area (Å²) >= 11 is 0. The average molecular weight is 326 g/mol. The zero-order valence-electron chi connectivity index (χ0n) is 12.8. The molecule has 122 valence electrons. The second kappa shape index (κ2) is 7.65. The van der Waals surface area contributed by atoms with Gasteiger partial charge in [-0.05, 0) is 24.3 Å². The number of nitrogens with zero attached hydrogens (tertiary/aromatic N) is 1. The number of carbonyl (C=O) groups excluding carboxylic acids is 1. The molecule has 0 heterocycles. The minimum absolute atomic E-state index is 0.0960. The number of nitro groups is 1. The van der Waals surface area contributed by atoms with Crippen molar-refractivity contribution in [3.05, 3.63) is 58.1 Å². The fraction of sp³-hybridized carbons (Fsp3) is 0.118. The van der Waals surface area contributed by atoms with Crippen molar-refractivity contribution >= 4 is 17.3 Å². The molecule has 1 N–H and O–H groups in total. The van der Waals surface area contributed by atoms with Crippen molar-refractivity contribution in [1.29, 1.82) is 0 Å². The van der Waals surface area contributed by atoms with E-state index in [9.17, 15) is 14.9 Å². The number of ether oxygens (including phenoxy) is 2. The van der Waals surface area contributed by atoms with Crippen LogP contribution >= 0.6 is 0 Å². The van der Waals surface area contributed by atoms with Gasteiger partial charge in [0, 0.05) is 17.8 Å². The summed E-state index contributed by atoms with van der Waals surface area (Å²) < 4.78 is 10.3. The summed E-state index contributed by atoms with van der Waals surface area (Å²) in [5.41, 5.74) is 0.00831. The minimum Gasteiger partial charge on any atom is -0.497 e. The first-order valence-electron chi connectivity index (χ1n) is 6.85. The van der Waals surface area contributed by atoms with E-state index in [4.69, 9.17) is 15.9 Å². The normalized spacial score (nSPS) is 9.67. The molecule has 0 radical (unpaired) electrons. The zero-order valence-corrected chi connectivity index (χ0v) is 12.8. The summed E-state index contributed by atoms with van der Waals surface area (Å²) in [4.78, 5) is 22.9. The summed E-state index contributed by atoms with van der Waals surface area (Å²) in [7, 11) is 1.41. The second-order valence-electron chi connectivity index (χ2n) is 4.61. The first-order valence-corrected chi connectivity index (χ1v) is 6.85. The second-order valence-corrected chi connectivity index (χ2v) is 4.61. The molecule has 7 nitrogen and oxygen atoms in total. The topological polar surface area (TPSA) is 90.7 Å². The zero-order chi connectivity index (χ0) is 17.5. The molecule has 0 fully saturated rings. The van der Waals surface area contributed by atoms with Gasteiger partial charge < -0.3 is 14.8 Å². The van der Waals surface area contributed by atoms with E-state index < -0.39 is 10.8 Å². The van der Waals surface area contributed by atoms with E-state index in [1.807, 2.05) is 0 Å². The smallest absolute Gasteiger partial charge is 0.282 e. The van der Waals surface area contributed by atoms with Crippen molar-refractivity contribution in [2.75, 3.05) is 19.0 Å². The lowest BCUT2D eigenvalue weighted by Crippen LogP contribution is -2.14. The van der Waals surface area contributed by atoms with Crippen LogP contribution in [0.15, 0.2) is 42.5 Å². The number of nitrogens with one attached hydrogen (secondary N) is 1. The van der Waals surface area contributed by atoms with Gasteiger partial charge in [0.1, 0.15) is 23.7 Å². The van der Waals surface area contributed by atoms with E-state index in [0.29, 0.717) is 17.2 Å². The van der Waals surface area contributed by atoms with Gasteiger partial charge in [-0.25, -0.2) is 0 Å². The maximum Gasteiger partial charge on any atom is 0.282 e. The molecule has 0 aliphatic heterocycles. The monoisotopic (exact) mass is 326 g/mol. The number of anilines is 1. The van der Waals surface area contributed by atoms with Crippen LogP contribution in [-0.2, 0) is 0 Å². The molecule has 0 saturated carbocycles. The van der Waals surface area contributed by atoms with E-state index >= 15 is 0 Å². The number of hydrogen-bond acceptors (Lipinski definition) is 5. The van der Waals surface area contributed by atoms with Gasteiger partial charge in [0.2, 0.25) is 0 Å². The highest BCUT2D eigenvalue weighted by atomic mass is 16.6. The molecule has 0 aliphatic carbocycles. The Morgan fingerprint density at radius 1 is 1.29 bits per heavy atom. The highest BCUT2D eigenvalue weighted by Gasteiger charge is 2.21. The summed E-state index contributed by atoms with van der Waals surface area (Å²) in [6, 6.07) is 10.5. The molecule has 2 rings (SSSR count). The number of nitro benzene ring substituents is 1. The Morgan fingerprint density at radius 2 is 2.08 bits per heavy atom. The highest BCUT2D eigenvalue weighted by Crippen LogP contribution is 2.25. The molecule has 0 bridgehead atoms. The van der Waals surface area contributed by atoms with Crippen LogP contribution in [0, 0.1) is 22.5 Å². The van der Waals surface area contributed by atoms with Gasteiger partial charge in [-0.3, -0.25) is 14.9 Å². The number of methoxy groups -OCH3 is 1. The van der Waals surface area contributed by atoms with E-state index in [0.717, 1.165) is 0 Å². The predicted molar refractivity (Wildman–Crippen MR) is 88.4 cm³/mol. The molecule has 7 heteroatoms. The van der Waals surface area contributed by atoms with Crippen LogP contribution in [0.25, 0.3) is 0 Å². The summed E-state index contributed by atoms with van der Waals surface area (Å²) in [6.07, 6.45) is 5.12. The Kier molecular flexibility index (Phi) is 5.36. The Hall–Kier alpha value is -3.53. The van der Waals surface area contributed by atoms with Crippen LogP contribution in [-0.4, -0.2) is 24.5 Å². The Labute approximate surface area is 138 Å². The molecule has 24 heavy (non-hydrogen) atoms.